The van der Waals surface area contributed by atoms with Crippen molar-refractivity contribution in [2.45, 2.75) is 82.0 Å². The summed E-state index contributed by atoms with van der Waals surface area (Å²) in [6.45, 7) is 2.41. The minimum Gasteiger partial charge on any atom is -0.458 e. The molecule has 0 radical (unpaired) electrons. The van der Waals surface area contributed by atoms with Gasteiger partial charge in [0.2, 0.25) is 0 Å². The molecule has 0 saturated heterocycles. The molecule has 162 valence electrons. The summed E-state index contributed by atoms with van der Waals surface area (Å²) in [4.78, 5) is 11.6. The molecule has 0 aromatic carbocycles. The number of carbonyl (C=O) groups excluding carboxylic acids is 1. The summed E-state index contributed by atoms with van der Waals surface area (Å²) >= 11 is 0. The van der Waals surface area contributed by atoms with Crippen LogP contribution in [0.15, 0.2) is 11.6 Å². The molecule has 4 saturated carbocycles. The number of esters is 1. The van der Waals surface area contributed by atoms with E-state index in [0.717, 1.165) is 24.8 Å². The van der Waals surface area contributed by atoms with Crippen LogP contribution in [0.4, 0.5) is 0 Å². The van der Waals surface area contributed by atoms with E-state index in [1.807, 2.05) is 0 Å². The standard InChI is InChI=1S/C23H34O6/c1-20-6-3-17-18(4-8-22(27)11-15(25)2-7-21(17,22)13-24)23(20,28)9-5-16(20)14-10-19(26)29-12-14/h10,15-18,24-25,27-28H,2-9,11-13H2,1H3/t15-,16+,17-,18+,20-,21+,22+,23+/m1/s1. The third kappa shape index (κ3) is 2.40. The van der Waals surface area contributed by atoms with E-state index in [2.05, 4.69) is 6.92 Å². The number of rotatable bonds is 2. The normalized spacial score (nSPS) is 54.2. The largest absolute Gasteiger partial charge is 0.458 e. The van der Waals surface area contributed by atoms with Crippen LogP contribution in [-0.2, 0) is 9.53 Å². The Morgan fingerprint density at radius 1 is 1.07 bits per heavy atom. The Labute approximate surface area is 172 Å². The maximum Gasteiger partial charge on any atom is 0.331 e. The third-order valence-electron chi connectivity index (χ3n) is 10.1. The van der Waals surface area contributed by atoms with E-state index < -0.39 is 22.7 Å². The highest BCUT2D eigenvalue weighted by Gasteiger charge is 2.71. The third-order valence-corrected chi connectivity index (χ3v) is 10.1. The zero-order valence-electron chi connectivity index (χ0n) is 17.3. The van der Waals surface area contributed by atoms with Crippen LogP contribution in [0.25, 0.3) is 0 Å². The van der Waals surface area contributed by atoms with E-state index in [-0.39, 0.29) is 35.7 Å². The van der Waals surface area contributed by atoms with Crippen LogP contribution in [0.2, 0.25) is 0 Å². The zero-order valence-corrected chi connectivity index (χ0v) is 17.3. The lowest BCUT2D eigenvalue weighted by atomic mass is 9.41. The molecule has 5 rings (SSSR count). The quantitative estimate of drug-likeness (QED) is 0.520. The number of ether oxygens (including phenoxy) is 1. The van der Waals surface area contributed by atoms with Gasteiger partial charge in [-0.3, -0.25) is 0 Å². The smallest absolute Gasteiger partial charge is 0.331 e. The first-order valence-electron chi connectivity index (χ1n) is 11.3. The molecule has 1 aliphatic heterocycles. The lowest BCUT2D eigenvalue weighted by molar-refractivity contribution is -0.269. The molecule has 4 N–H and O–H groups in total. The summed E-state index contributed by atoms with van der Waals surface area (Å²) in [7, 11) is 0. The molecule has 6 nitrogen and oxygen atoms in total. The summed E-state index contributed by atoms with van der Waals surface area (Å²) in [5, 5.41) is 44.4. The zero-order chi connectivity index (χ0) is 20.7. The number of aliphatic hydroxyl groups is 4. The van der Waals surface area contributed by atoms with Crippen molar-refractivity contribution in [2.75, 3.05) is 13.2 Å². The molecule has 4 aliphatic carbocycles. The van der Waals surface area contributed by atoms with Crippen LogP contribution in [0, 0.1) is 28.6 Å². The van der Waals surface area contributed by atoms with Gasteiger partial charge < -0.3 is 25.2 Å². The summed E-state index contributed by atoms with van der Waals surface area (Å²) in [6, 6.07) is 0. The average molecular weight is 407 g/mol. The van der Waals surface area contributed by atoms with Gasteiger partial charge in [-0.25, -0.2) is 4.79 Å². The van der Waals surface area contributed by atoms with Crippen molar-refractivity contribution in [1.82, 2.24) is 0 Å². The summed E-state index contributed by atoms with van der Waals surface area (Å²) in [5.74, 6) is -0.0760. The highest BCUT2D eigenvalue weighted by atomic mass is 16.5. The van der Waals surface area contributed by atoms with Crippen molar-refractivity contribution < 1.29 is 30.0 Å². The molecular formula is C23H34O6. The van der Waals surface area contributed by atoms with Crippen LogP contribution >= 0.6 is 0 Å². The fourth-order valence-corrected chi connectivity index (χ4v) is 8.52. The van der Waals surface area contributed by atoms with Gasteiger partial charge in [-0.2, -0.15) is 0 Å². The fraction of sp³-hybridized carbons (Fsp3) is 0.870. The maximum absolute atomic E-state index is 12.1. The van der Waals surface area contributed by atoms with Gasteiger partial charge >= 0.3 is 5.97 Å². The van der Waals surface area contributed by atoms with Gasteiger partial charge in [-0.1, -0.05) is 6.92 Å². The lowest BCUT2D eigenvalue weighted by Crippen LogP contribution is -2.69. The molecule has 8 atom stereocenters. The topological polar surface area (TPSA) is 107 Å². The first-order chi connectivity index (χ1) is 13.7. The van der Waals surface area contributed by atoms with Gasteiger partial charge in [-0.05, 0) is 74.7 Å². The number of carbonyl (C=O) groups is 1. The van der Waals surface area contributed by atoms with Gasteiger partial charge in [0, 0.05) is 23.3 Å². The van der Waals surface area contributed by atoms with Gasteiger partial charge in [0.15, 0.2) is 0 Å². The highest BCUT2D eigenvalue weighted by molar-refractivity contribution is 5.85. The van der Waals surface area contributed by atoms with Crippen molar-refractivity contribution >= 4 is 5.97 Å². The van der Waals surface area contributed by atoms with Crippen LogP contribution < -0.4 is 0 Å². The van der Waals surface area contributed by atoms with E-state index in [0.29, 0.717) is 45.1 Å². The highest BCUT2D eigenvalue weighted by Crippen LogP contribution is 2.70. The summed E-state index contributed by atoms with van der Waals surface area (Å²) in [6.07, 6.45) is 7.02. The molecule has 0 aromatic heterocycles. The Morgan fingerprint density at radius 3 is 2.52 bits per heavy atom. The Bertz CT molecular complexity index is 750. The molecular weight excluding hydrogens is 372 g/mol. The number of hydrogen-bond donors (Lipinski definition) is 4. The van der Waals surface area contributed by atoms with Crippen LogP contribution in [0.1, 0.15) is 64.7 Å². The van der Waals surface area contributed by atoms with Crippen LogP contribution in [0.3, 0.4) is 0 Å². The molecule has 1 heterocycles. The second kappa shape index (κ2) is 6.28. The molecule has 4 fully saturated rings. The Kier molecular flexibility index (Phi) is 4.33. The molecule has 0 spiro atoms. The number of fused-ring (bicyclic) bond motifs is 5. The molecule has 0 bridgehead atoms. The number of aliphatic hydroxyl groups excluding tert-OH is 2. The van der Waals surface area contributed by atoms with Crippen molar-refractivity contribution in [2.24, 2.45) is 28.6 Å². The van der Waals surface area contributed by atoms with E-state index >= 15 is 0 Å². The molecule has 6 heteroatoms. The van der Waals surface area contributed by atoms with E-state index in [1.165, 1.54) is 0 Å². The molecule has 29 heavy (non-hydrogen) atoms. The van der Waals surface area contributed by atoms with E-state index in [4.69, 9.17) is 4.74 Å². The minimum atomic E-state index is -1.06. The summed E-state index contributed by atoms with van der Waals surface area (Å²) in [5.41, 5.74) is -1.88. The molecule has 5 aliphatic rings. The van der Waals surface area contributed by atoms with Gasteiger partial charge in [-0.15, -0.1) is 0 Å². The SMILES string of the molecule is C[C@]12CC[C@@H]3[C@H](CC[C@]4(O)C[C@H](O)CC[C@]34CO)[C@@]1(O)CC[C@H]2C1=CC(=O)OC1. The van der Waals surface area contributed by atoms with E-state index in [1.54, 1.807) is 6.08 Å². The average Bonchev–Trinajstić information content (AvgIpc) is 3.21. The second-order valence-corrected chi connectivity index (χ2v) is 10.8. The second-order valence-electron chi connectivity index (χ2n) is 10.8. The molecule has 0 amide bonds. The van der Waals surface area contributed by atoms with E-state index in [9.17, 15) is 25.2 Å². The van der Waals surface area contributed by atoms with Crippen molar-refractivity contribution in [3.8, 4) is 0 Å². The van der Waals surface area contributed by atoms with Gasteiger partial charge in [0.05, 0.1) is 23.9 Å². The van der Waals surface area contributed by atoms with Crippen molar-refractivity contribution in [3.05, 3.63) is 11.6 Å². The Hall–Kier alpha value is -0.950. The maximum atomic E-state index is 12.1. The summed E-state index contributed by atoms with van der Waals surface area (Å²) < 4.78 is 5.17. The van der Waals surface area contributed by atoms with Crippen molar-refractivity contribution in [1.29, 1.82) is 0 Å². The predicted molar refractivity (Wildman–Crippen MR) is 105 cm³/mol. The van der Waals surface area contributed by atoms with Crippen molar-refractivity contribution in [3.63, 3.8) is 0 Å². The molecule has 0 unspecified atom stereocenters. The Balaban J connectivity index is 1.51. The number of hydrogen-bond acceptors (Lipinski definition) is 6. The Morgan fingerprint density at radius 2 is 1.83 bits per heavy atom. The number of cyclic esters (lactones) is 1. The first kappa shape index (κ1) is 20.0. The van der Waals surface area contributed by atoms with Gasteiger partial charge in [0.25, 0.3) is 0 Å². The van der Waals surface area contributed by atoms with Crippen LogP contribution in [-0.4, -0.2) is 56.9 Å². The predicted octanol–water partition coefficient (Wildman–Crippen LogP) is 1.69. The van der Waals surface area contributed by atoms with Gasteiger partial charge in [0.1, 0.15) is 6.61 Å². The minimum absolute atomic E-state index is 0.0209. The lowest BCUT2D eigenvalue weighted by Gasteiger charge is -2.66. The first-order valence-corrected chi connectivity index (χ1v) is 11.3. The molecule has 0 aromatic rings. The van der Waals surface area contributed by atoms with Crippen LogP contribution in [0.5, 0.6) is 0 Å². The monoisotopic (exact) mass is 406 g/mol. The fourth-order valence-electron chi connectivity index (χ4n) is 8.52.